The quantitative estimate of drug-likeness (QED) is 0.583. The summed E-state index contributed by atoms with van der Waals surface area (Å²) < 4.78 is 4.91. The van der Waals surface area contributed by atoms with Crippen molar-refractivity contribution in [3.8, 4) is 11.1 Å². The van der Waals surface area contributed by atoms with E-state index in [1.165, 1.54) is 0 Å². The summed E-state index contributed by atoms with van der Waals surface area (Å²) in [5.74, 6) is 0. The third-order valence-corrected chi connectivity index (χ3v) is 1.28. The fourth-order valence-electron chi connectivity index (χ4n) is 0.810. The third kappa shape index (κ3) is 0.977. The fraction of sp³-hybridized carbons (Fsp3) is 0. The number of fused-ring (bicyclic) bond motifs is 1. The highest BCUT2D eigenvalue weighted by Gasteiger charge is 1.98. The summed E-state index contributed by atoms with van der Waals surface area (Å²) in [6, 6.07) is 1.89. The number of hydrogen-bond donors (Lipinski definition) is 0. The number of aromatic nitrogens is 1. The molecular formula is C7H6ClNO. The lowest BCUT2D eigenvalue weighted by Gasteiger charge is -1.90. The molecule has 0 aliphatic carbocycles. The SMILES string of the molecule is Cl.c1cc2cncc-2co1. The molecule has 0 bridgehead atoms. The number of rotatable bonds is 0. The predicted octanol–water partition coefficient (Wildman–Crippen LogP) is 2.20. The Morgan fingerprint density at radius 2 is 2.00 bits per heavy atom. The molecule has 0 atom stereocenters. The van der Waals surface area contributed by atoms with Crippen molar-refractivity contribution in [1.82, 2.24) is 4.98 Å². The summed E-state index contributed by atoms with van der Waals surface area (Å²) in [7, 11) is 0. The third-order valence-electron chi connectivity index (χ3n) is 1.28. The van der Waals surface area contributed by atoms with E-state index < -0.39 is 0 Å². The van der Waals surface area contributed by atoms with E-state index in [1.807, 2.05) is 12.3 Å². The van der Waals surface area contributed by atoms with E-state index in [-0.39, 0.29) is 12.4 Å². The molecule has 2 aliphatic heterocycles. The Morgan fingerprint density at radius 1 is 1.20 bits per heavy atom. The Labute approximate surface area is 64.6 Å². The number of halogens is 1. The van der Waals surface area contributed by atoms with Crippen LogP contribution in [0.25, 0.3) is 11.1 Å². The van der Waals surface area contributed by atoms with Gasteiger partial charge in [0.25, 0.3) is 0 Å². The van der Waals surface area contributed by atoms with E-state index in [4.69, 9.17) is 4.42 Å². The molecule has 0 fully saturated rings. The molecule has 0 aromatic carbocycles. The Bertz CT molecular complexity index is 254. The van der Waals surface area contributed by atoms with Gasteiger partial charge in [-0.2, -0.15) is 0 Å². The first-order valence-electron chi connectivity index (χ1n) is 2.73. The molecule has 2 nitrogen and oxygen atoms in total. The van der Waals surface area contributed by atoms with E-state index in [1.54, 1.807) is 18.7 Å². The molecular weight excluding hydrogens is 150 g/mol. The Morgan fingerprint density at radius 3 is 2.80 bits per heavy atom. The van der Waals surface area contributed by atoms with Crippen molar-refractivity contribution in [2.45, 2.75) is 0 Å². The first kappa shape index (κ1) is 7.09. The molecule has 2 heterocycles. The van der Waals surface area contributed by atoms with E-state index in [0.29, 0.717) is 0 Å². The first-order chi connectivity index (χ1) is 4.47. The molecule has 0 unspecified atom stereocenters. The lowest BCUT2D eigenvalue weighted by molar-refractivity contribution is 0.552. The fourth-order valence-corrected chi connectivity index (χ4v) is 0.810. The van der Waals surface area contributed by atoms with Gasteiger partial charge < -0.3 is 4.42 Å². The minimum Gasteiger partial charge on any atom is -0.472 e. The zero-order valence-electron chi connectivity index (χ0n) is 5.15. The largest absolute Gasteiger partial charge is 0.472 e. The molecule has 52 valence electrons. The minimum atomic E-state index is 0. The van der Waals surface area contributed by atoms with Crippen LogP contribution in [-0.2, 0) is 0 Å². The highest BCUT2D eigenvalue weighted by atomic mass is 35.5. The summed E-state index contributed by atoms with van der Waals surface area (Å²) in [4.78, 5) is 3.94. The van der Waals surface area contributed by atoms with Crippen LogP contribution in [0.15, 0.2) is 35.4 Å². The molecule has 2 rings (SSSR count). The Hall–Kier alpha value is -1.02. The van der Waals surface area contributed by atoms with Gasteiger partial charge in [-0.15, -0.1) is 12.4 Å². The van der Waals surface area contributed by atoms with Crippen LogP contribution in [0, 0.1) is 0 Å². The topological polar surface area (TPSA) is 26.0 Å². The van der Waals surface area contributed by atoms with Crippen LogP contribution in [0.1, 0.15) is 0 Å². The number of nitrogens with zero attached hydrogens (tertiary/aromatic N) is 1. The molecule has 0 radical (unpaired) electrons. The van der Waals surface area contributed by atoms with E-state index in [2.05, 4.69) is 4.98 Å². The van der Waals surface area contributed by atoms with Crippen molar-refractivity contribution in [2.75, 3.05) is 0 Å². The lowest BCUT2D eigenvalue weighted by atomic mass is 10.2. The van der Waals surface area contributed by atoms with E-state index in [0.717, 1.165) is 11.1 Å². The second-order valence-corrected chi connectivity index (χ2v) is 1.87. The molecule has 0 amide bonds. The van der Waals surface area contributed by atoms with Crippen LogP contribution in [0.5, 0.6) is 0 Å². The van der Waals surface area contributed by atoms with Crippen LogP contribution in [0.3, 0.4) is 0 Å². The lowest BCUT2D eigenvalue weighted by Crippen LogP contribution is -1.67. The summed E-state index contributed by atoms with van der Waals surface area (Å²) in [5, 5.41) is 0. The van der Waals surface area contributed by atoms with Gasteiger partial charge in [-0.05, 0) is 6.07 Å². The monoisotopic (exact) mass is 155 g/mol. The molecule has 10 heavy (non-hydrogen) atoms. The van der Waals surface area contributed by atoms with Crippen LogP contribution >= 0.6 is 12.4 Å². The molecule has 0 saturated carbocycles. The maximum absolute atomic E-state index is 4.91. The normalized spacial score (nSPS) is 9.20. The second kappa shape index (κ2) is 2.71. The maximum atomic E-state index is 4.91. The van der Waals surface area contributed by atoms with Crippen LogP contribution in [-0.4, -0.2) is 4.98 Å². The smallest absolute Gasteiger partial charge is 0.0995 e. The van der Waals surface area contributed by atoms with Crippen molar-refractivity contribution in [1.29, 1.82) is 0 Å². The van der Waals surface area contributed by atoms with Gasteiger partial charge in [0, 0.05) is 23.5 Å². The molecule has 0 saturated heterocycles. The zero-order chi connectivity index (χ0) is 6.10. The van der Waals surface area contributed by atoms with Crippen LogP contribution < -0.4 is 0 Å². The molecule has 0 aromatic heterocycles. The van der Waals surface area contributed by atoms with Gasteiger partial charge in [-0.1, -0.05) is 0 Å². The van der Waals surface area contributed by atoms with E-state index in [9.17, 15) is 0 Å². The molecule has 2 aliphatic rings. The zero-order valence-corrected chi connectivity index (χ0v) is 5.97. The van der Waals surface area contributed by atoms with Crippen molar-refractivity contribution >= 4 is 12.4 Å². The van der Waals surface area contributed by atoms with Crippen molar-refractivity contribution in [3.05, 3.63) is 31.0 Å². The molecule has 0 N–H and O–H groups in total. The van der Waals surface area contributed by atoms with Gasteiger partial charge in [0.15, 0.2) is 0 Å². The first-order valence-corrected chi connectivity index (χ1v) is 2.73. The van der Waals surface area contributed by atoms with Crippen LogP contribution in [0.4, 0.5) is 0 Å². The maximum Gasteiger partial charge on any atom is 0.0995 e. The number of hydrogen-bond acceptors (Lipinski definition) is 2. The summed E-state index contributed by atoms with van der Waals surface area (Å²) >= 11 is 0. The Balaban J connectivity index is 0.000000500. The second-order valence-electron chi connectivity index (χ2n) is 1.87. The summed E-state index contributed by atoms with van der Waals surface area (Å²) in [6.07, 6.45) is 6.91. The van der Waals surface area contributed by atoms with Crippen molar-refractivity contribution in [3.63, 3.8) is 0 Å². The van der Waals surface area contributed by atoms with Crippen molar-refractivity contribution in [2.24, 2.45) is 0 Å². The predicted molar refractivity (Wildman–Crippen MR) is 40.4 cm³/mol. The van der Waals surface area contributed by atoms with Gasteiger partial charge in [0.1, 0.15) is 0 Å². The van der Waals surface area contributed by atoms with Gasteiger partial charge in [-0.3, -0.25) is 4.98 Å². The van der Waals surface area contributed by atoms with Gasteiger partial charge in [0.05, 0.1) is 12.5 Å². The summed E-state index contributed by atoms with van der Waals surface area (Å²) in [5.41, 5.74) is 2.18. The van der Waals surface area contributed by atoms with Crippen LogP contribution in [0.2, 0.25) is 0 Å². The van der Waals surface area contributed by atoms with Crippen molar-refractivity contribution < 1.29 is 4.42 Å². The highest BCUT2D eigenvalue weighted by Crippen LogP contribution is 2.18. The van der Waals surface area contributed by atoms with E-state index >= 15 is 0 Å². The highest BCUT2D eigenvalue weighted by molar-refractivity contribution is 5.85. The molecule has 0 aromatic rings. The average molecular weight is 156 g/mol. The molecule has 3 heteroatoms. The molecule has 0 spiro atoms. The average Bonchev–Trinajstić information content (AvgIpc) is 2.33. The standard InChI is InChI=1S/C7H5NO.ClH/c1-2-9-5-7-4-8-3-6(1)7;/h1-5H;1H. The minimum absolute atomic E-state index is 0. The Kier molecular flexibility index (Phi) is 1.92. The van der Waals surface area contributed by atoms with Gasteiger partial charge in [-0.25, -0.2) is 0 Å². The summed E-state index contributed by atoms with van der Waals surface area (Å²) in [6.45, 7) is 0. The van der Waals surface area contributed by atoms with Gasteiger partial charge in [0.2, 0.25) is 0 Å². The van der Waals surface area contributed by atoms with Gasteiger partial charge >= 0.3 is 0 Å².